The molecule has 1 aliphatic heterocycles. The Morgan fingerprint density at radius 3 is 2.58 bits per heavy atom. The second kappa shape index (κ2) is 12.3. The molecular formula is C32H33N7O4. The molecule has 4 aromatic rings. The SMILES string of the molecule is CCNC(=O)c1ccc(-n2nc(CN3C(=O)[C@@H](NC(=O)[C@H](C)NC)[C@H](C)Oc4ccccc43)c3ccccc32)c(C#N)c1. The van der Waals surface area contributed by atoms with Crippen LogP contribution in [0.25, 0.3) is 16.6 Å². The molecule has 1 aliphatic rings. The first-order chi connectivity index (χ1) is 20.8. The van der Waals surface area contributed by atoms with Gasteiger partial charge in [0.25, 0.3) is 11.8 Å². The molecule has 220 valence electrons. The summed E-state index contributed by atoms with van der Waals surface area (Å²) in [4.78, 5) is 40.9. The second-order valence-electron chi connectivity index (χ2n) is 10.3. The van der Waals surface area contributed by atoms with Crippen LogP contribution in [0.1, 0.15) is 42.4 Å². The number of aromatic nitrogens is 2. The Balaban J connectivity index is 1.58. The van der Waals surface area contributed by atoms with Crippen molar-refractivity contribution >= 4 is 34.3 Å². The van der Waals surface area contributed by atoms with Crippen LogP contribution in [-0.4, -0.2) is 59.3 Å². The van der Waals surface area contributed by atoms with Gasteiger partial charge in [0.2, 0.25) is 5.91 Å². The third-order valence-corrected chi connectivity index (χ3v) is 7.51. The van der Waals surface area contributed by atoms with Crippen molar-refractivity contribution < 1.29 is 19.1 Å². The number of fused-ring (bicyclic) bond motifs is 2. The van der Waals surface area contributed by atoms with E-state index < -0.39 is 18.2 Å². The van der Waals surface area contributed by atoms with E-state index in [1.165, 1.54) is 0 Å². The van der Waals surface area contributed by atoms with Gasteiger partial charge >= 0.3 is 0 Å². The van der Waals surface area contributed by atoms with Gasteiger partial charge in [-0.25, -0.2) is 4.68 Å². The summed E-state index contributed by atoms with van der Waals surface area (Å²) >= 11 is 0. The van der Waals surface area contributed by atoms with Gasteiger partial charge in [0, 0.05) is 17.5 Å². The smallest absolute Gasteiger partial charge is 0.253 e. The van der Waals surface area contributed by atoms with Gasteiger partial charge in [-0.3, -0.25) is 14.4 Å². The van der Waals surface area contributed by atoms with Gasteiger partial charge in [-0.05, 0) is 64.2 Å². The van der Waals surface area contributed by atoms with Crippen molar-refractivity contribution in [3.05, 3.63) is 83.6 Å². The summed E-state index contributed by atoms with van der Waals surface area (Å²) in [5.74, 6) is -0.413. The Hall–Kier alpha value is -5.21. The van der Waals surface area contributed by atoms with Gasteiger partial charge in [-0.1, -0.05) is 30.3 Å². The van der Waals surface area contributed by atoms with Crippen molar-refractivity contribution in [1.82, 2.24) is 25.7 Å². The number of likely N-dealkylation sites (N-methyl/N-ethyl adjacent to an activating group) is 1. The first kappa shape index (κ1) is 29.3. The zero-order chi connectivity index (χ0) is 30.7. The zero-order valence-electron chi connectivity index (χ0n) is 24.4. The highest BCUT2D eigenvalue weighted by molar-refractivity contribution is 6.02. The number of anilines is 1. The van der Waals surface area contributed by atoms with E-state index in [1.807, 2.05) is 43.3 Å². The van der Waals surface area contributed by atoms with E-state index in [0.717, 1.165) is 10.9 Å². The number of amides is 3. The number of nitriles is 1. The summed E-state index contributed by atoms with van der Waals surface area (Å²) in [5.41, 5.74) is 3.03. The summed E-state index contributed by atoms with van der Waals surface area (Å²) in [6, 6.07) is 20.4. The molecule has 3 amide bonds. The van der Waals surface area contributed by atoms with Gasteiger partial charge in [0.1, 0.15) is 24.0 Å². The lowest BCUT2D eigenvalue weighted by atomic mass is 10.1. The van der Waals surface area contributed by atoms with Crippen molar-refractivity contribution in [2.45, 2.75) is 45.5 Å². The van der Waals surface area contributed by atoms with Crippen LogP contribution in [0.2, 0.25) is 0 Å². The van der Waals surface area contributed by atoms with Crippen LogP contribution in [0.5, 0.6) is 5.75 Å². The molecule has 43 heavy (non-hydrogen) atoms. The molecule has 3 atom stereocenters. The summed E-state index contributed by atoms with van der Waals surface area (Å²) < 4.78 is 7.83. The second-order valence-corrected chi connectivity index (χ2v) is 10.3. The highest BCUT2D eigenvalue weighted by Crippen LogP contribution is 2.35. The average molecular weight is 580 g/mol. The van der Waals surface area contributed by atoms with Crippen LogP contribution in [0.4, 0.5) is 5.69 Å². The number of benzene rings is 3. The fourth-order valence-corrected chi connectivity index (χ4v) is 5.08. The predicted molar refractivity (Wildman–Crippen MR) is 162 cm³/mol. The molecule has 0 bridgehead atoms. The number of nitrogens with one attached hydrogen (secondary N) is 3. The van der Waals surface area contributed by atoms with E-state index in [2.05, 4.69) is 22.0 Å². The van der Waals surface area contributed by atoms with E-state index in [1.54, 1.807) is 60.8 Å². The Bertz CT molecular complexity index is 1740. The number of ether oxygens (including phenoxy) is 1. The van der Waals surface area contributed by atoms with Crippen molar-refractivity contribution in [1.29, 1.82) is 5.26 Å². The molecule has 1 aromatic heterocycles. The van der Waals surface area contributed by atoms with E-state index in [9.17, 15) is 19.6 Å². The van der Waals surface area contributed by atoms with Crippen molar-refractivity contribution in [2.24, 2.45) is 0 Å². The number of nitrogens with zero attached hydrogens (tertiary/aromatic N) is 4. The summed E-state index contributed by atoms with van der Waals surface area (Å²) in [6.45, 7) is 5.84. The van der Waals surface area contributed by atoms with Crippen molar-refractivity contribution in [2.75, 3.05) is 18.5 Å². The molecule has 11 nitrogen and oxygen atoms in total. The molecular weight excluding hydrogens is 546 g/mol. The lowest BCUT2D eigenvalue weighted by Gasteiger charge is -2.27. The number of carbonyl (C=O) groups is 3. The molecule has 0 saturated heterocycles. The van der Waals surface area contributed by atoms with Gasteiger partial charge in [0.15, 0.2) is 0 Å². The van der Waals surface area contributed by atoms with Crippen LogP contribution in [0, 0.1) is 11.3 Å². The maximum Gasteiger partial charge on any atom is 0.253 e. The van der Waals surface area contributed by atoms with E-state index in [-0.39, 0.29) is 29.8 Å². The molecule has 3 N–H and O–H groups in total. The van der Waals surface area contributed by atoms with Crippen molar-refractivity contribution in [3.63, 3.8) is 0 Å². The van der Waals surface area contributed by atoms with Crippen LogP contribution in [-0.2, 0) is 16.1 Å². The molecule has 3 aromatic carbocycles. The Morgan fingerprint density at radius 2 is 1.84 bits per heavy atom. The van der Waals surface area contributed by atoms with Crippen LogP contribution in [0.3, 0.4) is 0 Å². The summed E-state index contributed by atoms with van der Waals surface area (Å²) in [7, 11) is 1.67. The number of rotatable bonds is 8. The Labute approximate surface area is 249 Å². The van der Waals surface area contributed by atoms with Crippen LogP contribution >= 0.6 is 0 Å². The first-order valence-corrected chi connectivity index (χ1v) is 14.1. The number of hydrogen-bond donors (Lipinski definition) is 3. The third-order valence-electron chi connectivity index (χ3n) is 7.51. The Morgan fingerprint density at radius 1 is 1.09 bits per heavy atom. The highest BCUT2D eigenvalue weighted by Gasteiger charge is 2.38. The fraction of sp³-hybridized carbons (Fsp3) is 0.281. The van der Waals surface area contributed by atoms with Gasteiger partial charge in [0.05, 0.1) is 40.7 Å². The van der Waals surface area contributed by atoms with Gasteiger partial charge in [-0.15, -0.1) is 0 Å². The summed E-state index contributed by atoms with van der Waals surface area (Å²) in [5, 5.41) is 24.2. The standard InChI is InChI=1S/C32H33N7O4/c1-5-35-31(41)21-14-15-25(22(16-21)17-33)39-26-11-7-6-10-23(26)24(37-39)18-38-27-12-8-9-13-28(27)43-20(3)29(32(38)42)36-30(40)19(2)34-4/h6-16,19-20,29,34H,5,18H2,1-4H3,(H,35,41)(H,36,40)/t19-,20-,29-/m0/s1. The average Bonchev–Trinajstić information content (AvgIpc) is 3.35. The third kappa shape index (κ3) is 5.65. The van der Waals surface area contributed by atoms with Crippen LogP contribution in [0.15, 0.2) is 66.7 Å². The maximum absolute atomic E-state index is 14.1. The van der Waals surface area contributed by atoms with E-state index >= 15 is 0 Å². The number of para-hydroxylation sites is 3. The lowest BCUT2D eigenvalue weighted by Crippen LogP contribution is -2.56. The molecule has 0 fully saturated rings. The van der Waals surface area contributed by atoms with E-state index in [4.69, 9.17) is 9.84 Å². The van der Waals surface area contributed by atoms with E-state index in [0.29, 0.717) is 34.9 Å². The minimum atomic E-state index is -0.948. The normalized spacial score (nSPS) is 16.9. The number of hydrogen-bond acceptors (Lipinski definition) is 7. The van der Waals surface area contributed by atoms with Crippen LogP contribution < -0.4 is 25.6 Å². The molecule has 0 saturated carbocycles. The van der Waals surface area contributed by atoms with Gasteiger partial charge in [-0.2, -0.15) is 10.4 Å². The predicted octanol–water partition coefficient (Wildman–Crippen LogP) is 3.05. The topological polar surface area (TPSA) is 141 Å². The molecule has 0 aliphatic carbocycles. The molecule has 2 heterocycles. The largest absolute Gasteiger partial charge is 0.486 e. The zero-order valence-corrected chi connectivity index (χ0v) is 24.4. The minimum Gasteiger partial charge on any atom is -0.486 e. The monoisotopic (exact) mass is 579 g/mol. The molecule has 0 radical (unpaired) electrons. The minimum absolute atomic E-state index is 0.0757. The first-order valence-electron chi connectivity index (χ1n) is 14.1. The fourth-order valence-electron chi connectivity index (χ4n) is 5.08. The molecule has 5 rings (SSSR count). The molecule has 0 spiro atoms. The Kier molecular flexibility index (Phi) is 8.41. The molecule has 0 unspecified atom stereocenters. The maximum atomic E-state index is 14.1. The summed E-state index contributed by atoms with van der Waals surface area (Å²) in [6.07, 6.45) is -0.637. The quantitative estimate of drug-likeness (QED) is 0.291. The van der Waals surface area contributed by atoms with Crippen molar-refractivity contribution in [3.8, 4) is 17.5 Å². The number of carbonyl (C=O) groups excluding carboxylic acids is 3. The van der Waals surface area contributed by atoms with Gasteiger partial charge < -0.3 is 25.6 Å². The highest BCUT2D eigenvalue weighted by atomic mass is 16.5. The molecule has 11 heteroatoms. The lowest BCUT2D eigenvalue weighted by molar-refractivity contribution is -0.130.